The summed E-state index contributed by atoms with van der Waals surface area (Å²) in [6, 6.07) is 0. The second kappa shape index (κ2) is 4.13. The molecule has 0 aliphatic rings. The fourth-order valence-corrected chi connectivity index (χ4v) is 1.51. The molecule has 1 aromatic heterocycles. The molecule has 0 spiro atoms. The Morgan fingerprint density at radius 3 is 2.77 bits per heavy atom. The number of carbonyl (C=O) groups excluding carboxylic acids is 1. The van der Waals surface area contributed by atoms with E-state index in [-0.39, 0.29) is 0 Å². The van der Waals surface area contributed by atoms with Crippen molar-refractivity contribution in [2.75, 3.05) is 0 Å². The van der Waals surface area contributed by atoms with Crippen molar-refractivity contribution in [3.05, 3.63) is 15.6 Å². The predicted octanol–water partition coefficient (Wildman–Crippen LogP) is 0.989. The monoisotopic (exact) mass is 197 g/mol. The quantitative estimate of drug-likeness (QED) is 0.734. The van der Waals surface area contributed by atoms with Gasteiger partial charge in [0, 0.05) is 5.57 Å². The lowest BCUT2D eigenvalue weighted by molar-refractivity contribution is -0.114. The van der Waals surface area contributed by atoms with Crippen molar-refractivity contribution >= 4 is 23.3 Å². The largest absolute Gasteiger partial charge is 0.366 e. The first-order valence-electron chi connectivity index (χ1n) is 3.94. The minimum absolute atomic E-state index is 0.423. The summed E-state index contributed by atoms with van der Waals surface area (Å²) in [5, 5.41) is 9.50. The molecule has 0 aliphatic carbocycles. The Morgan fingerprint density at radius 2 is 2.31 bits per heavy atom. The second-order valence-corrected chi connectivity index (χ2v) is 3.67. The van der Waals surface area contributed by atoms with Crippen LogP contribution < -0.4 is 5.73 Å². The van der Waals surface area contributed by atoms with Crippen LogP contribution in [-0.4, -0.2) is 16.1 Å². The molecule has 0 aliphatic heterocycles. The molecule has 0 saturated heterocycles. The maximum atomic E-state index is 10.7. The smallest absolute Gasteiger partial charge is 0.244 e. The maximum absolute atomic E-state index is 10.7. The highest BCUT2D eigenvalue weighted by Gasteiger charge is 2.02. The number of rotatable bonds is 3. The molecule has 1 aromatic rings. The lowest BCUT2D eigenvalue weighted by Crippen LogP contribution is -2.11. The lowest BCUT2D eigenvalue weighted by Gasteiger charge is -1.89. The Bertz CT molecular complexity index is 343. The van der Waals surface area contributed by atoms with E-state index in [2.05, 4.69) is 10.2 Å². The molecule has 1 amide bonds. The number of hydrogen-bond donors (Lipinski definition) is 1. The van der Waals surface area contributed by atoms with Gasteiger partial charge in [0.25, 0.3) is 0 Å². The molecule has 0 fully saturated rings. The number of nitrogens with two attached hydrogens (primary N) is 1. The highest BCUT2D eigenvalue weighted by atomic mass is 32.1. The molecule has 0 unspecified atom stereocenters. The van der Waals surface area contributed by atoms with E-state index in [9.17, 15) is 4.79 Å². The standard InChI is InChI=1S/C8H11N3OS/c1-3-6-10-11-7(13-6)4-5(2)8(9)12/h4H,3H2,1-2H3,(H2,9,12). The first-order chi connectivity index (χ1) is 6.13. The van der Waals surface area contributed by atoms with Crippen molar-refractivity contribution in [3.63, 3.8) is 0 Å². The van der Waals surface area contributed by atoms with E-state index in [0.29, 0.717) is 5.57 Å². The highest BCUT2D eigenvalue weighted by Crippen LogP contribution is 2.13. The van der Waals surface area contributed by atoms with Gasteiger partial charge in [0.2, 0.25) is 5.91 Å². The molecular formula is C8H11N3OS. The lowest BCUT2D eigenvalue weighted by atomic mass is 10.3. The molecule has 0 aromatic carbocycles. The maximum Gasteiger partial charge on any atom is 0.244 e. The third-order valence-corrected chi connectivity index (χ3v) is 2.53. The van der Waals surface area contributed by atoms with Crippen molar-refractivity contribution in [1.82, 2.24) is 10.2 Å². The Kier molecular flexibility index (Phi) is 3.13. The van der Waals surface area contributed by atoms with Crippen LogP contribution in [-0.2, 0) is 11.2 Å². The summed E-state index contributed by atoms with van der Waals surface area (Å²) in [5.74, 6) is -0.423. The molecule has 2 N–H and O–H groups in total. The van der Waals surface area contributed by atoms with Gasteiger partial charge in [0.1, 0.15) is 10.0 Å². The summed E-state index contributed by atoms with van der Waals surface area (Å²) in [7, 11) is 0. The predicted molar refractivity (Wildman–Crippen MR) is 52.1 cm³/mol. The van der Waals surface area contributed by atoms with Crippen LogP contribution in [0.15, 0.2) is 5.57 Å². The first-order valence-corrected chi connectivity index (χ1v) is 4.75. The summed E-state index contributed by atoms with van der Waals surface area (Å²) in [5.41, 5.74) is 5.57. The van der Waals surface area contributed by atoms with Crippen LogP contribution in [0.4, 0.5) is 0 Å². The molecule has 0 bridgehead atoms. The SMILES string of the molecule is CCc1nnc(C=C(C)C(N)=O)s1. The number of carbonyl (C=O) groups is 1. The van der Waals surface area contributed by atoms with Gasteiger partial charge < -0.3 is 5.73 Å². The number of amides is 1. The molecule has 70 valence electrons. The summed E-state index contributed by atoms with van der Waals surface area (Å²) >= 11 is 1.47. The average Bonchev–Trinajstić information content (AvgIpc) is 2.52. The van der Waals surface area contributed by atoms with Crippen molar-refractivity contribution in [3.8, 4) is 0 Å². The van der Waals surface area contributed by atoms with Crippen molar-refractivity contribution in [2.45, 2.75) is 20.3 Å². The summed E-state index contributed by atoms with van der Waals surface area (Å²) < 4.78 is 0. The van der Waals surface area contributed by atoms with Gasteiger partial charge in [-0.2, -0.15) is 0 Å². The van der Waals surface area contributed by atoms with E-state index in [4.69, 9.17) is 5.73 Å². The zero-order valence-electron chi connectivity index (χ0n) is 7.57. The average molecular weight is 197 g/mol. The van der Waals surface area contributed by atoms with Gasteiger partial charge in [-0.3, -0.25) is 4.79 Å². The molecule has 4 nitrogen and oxygen atoms in total. The third-order valence-electron chi connectivity index (χ3n) is 1.51. The summed E-state index contributed by atoms with van der Waals surface area (Å²) in [4.78, 5) is 10.7. The molecule has 0 atom stereocenters. The number of hydrogen-bond acceptors (Lipinski definition) is 4. The van der Waals surface area contributed by atoms with Gasteiger partial charge in [-0.05, 0) is 19.4 Å². The van der Waals surface area contributed by atoms with Gasteiger partial charge in [-0.1, -0.05) is 18.3 Å². The molecule has 13 heavy (non-hydrogen) atoms. The van der Waals surface area contributed by atoms with E-state index in [1.54, 1.807) is 13.0 Å². The van der Waals surface area contributed by atoms with Crippen LogP contribution in [0.2, 0.25) is 0 Å². The van der Waals surface area contributed by atoms with E-state index in [1.165, 1.54) is 11.3 Å². The number of primary amides is 1. The van der Waals surface area contributed by atoms with Crippen LogP contribution in [0, 0.1) is 0 Å². The number of aryl methyl sites for hydroxylation is 1. The van der Waals surface area contributed by atoms with Gasteiger partial charge >= 0.3 is 0 Å². The van der Waals surface area contributed by atoms with Crippen LogP contribution >= 0.6 is 11.3 Å². The normalized spacial score (nSPS) is 11.7. The second-order valence-electron chi connectivity index (χ2n) is 2.58. The van der Waals surface area contributed by atoms with Crippen molar-refractivity contribution in [2.24, 2.45) is 5.73 Å². The topological polar surface area (TPSA) is 68.9 Å². The molecule has 1 rings (SSSR count). The highest BCUT2D eigenvalue weighted by molar-refractivity contribution is 7.12. The van der Waals surface area contributed by atoms with Gasteiger partial charge in [-0.15, -0.1) is 10.2 Å². The molecule has 5 heteroatoms. The molecule has 1 heterocycles. The zero-order chi connectivity index (χ0) is 9.84. The Labute approximate surface area is 80.5 Å². The van der Waals surface area contributed by atoms with Crippen LogP contribution in [0.1, 0.15) is 23.9 Å². The van der Waals surface area contributed by atoms with Crippen LogP contribution in [0.3, 0.4) is 0 Å². The third kappa shape index (κ3) is 2.62. The molecule has 0 saturated carbocycles. The fourth-order valence-electron chi connectivity index (χ4n) is 0.724. The van der Waals surface area contributed by atoms with Gasteiger partial charge in [-0.25, -0.2) is 0 Å². The Hall–Kier alpha value is -1.23. The van der Waals surface area contributed by atoms with E-state index in [1.807, 2.05) is 6.92 Å². The number of nitrogens with zero attached hydrogens (tertiary/aromatic N) is 2. The first kappa shape index (κ1) is 9.85. The van der Waals surface area contributed by atoms with Crippen LogP contribution in [0.5, 0.6) is 0 Å². The zero-order valence-corrected chi connectivity index (χ0v) is 8.39. The molecular weight excluding hydrogens is 186 g/mol. The van der Waals surface area contributed by atoms with Gasteiger partial charge in [0.15, 0.2) is 0 Å². The van der Waals surface area contributed by atoms with Crippen molar-refractivity contribution in [1.29, 1.82) is 0 Å². The van der Waals surface area contributed by atoms with E-state index >= 15 is 0 Å². The summed E-state index contributed by atoms with van der Waals surface area (Å²) in [6.45, 7) is 3.67. The van der Waals surface area contributed by atoms with Crippen LogP contribution in [0.25, 0.3) is 6.08 Å². The Morgan fingerprint density at radius 1 is 1.62 bits per heavy atom. The van der Waals surface area contributed by atoms with Crippen molar-refractivity contribution < 1.29 is 4.79 Å². The fraction of sp³-hybridized carbons (Fsp3) is 0.375. The molecule has 0 radical (unpaired) electrons. The van der Waals surface area contributed by atoms with Gasteiger partial charge in [0.05, 0.1) is 0 Å². The number of aromatic nitrogens is 2. The van der Waals surface area contributed by atoms with E-state index < -0.39 is 5.91 Å². The van der Waals surface area contributed by atoms with E-state index in [0.717, 1.165) is 16.4 Å². The minimum Gasteiger partial charge on any atom is -0.366 e. The summed E-state index contributed by atoms with van der Waals surface area (Å²) in [6.07, 6.45) is 2.51. The minimum atomic E-state index is -0.423. The Balaban J connectivity index is 2.84.